The number of hydrogen-bond donors (Lipinski definition) is 2. The van der Waals surface area contributed by atoms with Gasteiger partial charge in [-0.15, -0.1) is 0 Å². The zero-order valence-corrected chi connectivity index (χ0v) is 9.23. The molecule has 1 aromatic heterocycles. The highest BCUT2D eigenvalue weighted by Crippen LogP contribution is 2.14. The van der Waals surface area contributed by atoms with Gasteiger partial charge in [-0.25, -0.2) is 4.98 Å². The Bertz CT molecular complexity index is 614. The number of nitrogens with one attached hydrogen (secondary N) is 1. The Morgan fingerprint density at radius 3 is 2.47 bits per heavy atom. The summed E-state index contributed by atoms with van der Waals surface area (Å²) in [4.78, 5) is 29.0. The van der Waals surface area contributed by atoms with Crippen molar-refractivity contribution in [3.05, 3.63) is 51.9 Å². The summed E-state index contributed by atoms with van der Waals surface area (Å²) >= 11 is 0. The molecule has 2 aromatic rings. The van der Waals surface area contributed by atoms with Crippen LogP contribution < -0.4 is 11.3 Å². The fourth-order valence-electron chi connectivity index (χ4n) is 1.51. The Hall–Kier alpha value is -2.43. The van der Waals surface area contributed by atoms with Crippen LogP contribution in [0.1, 0.15) is 16.1 Å². The molecule has 2 rings (SSSR count). The monoisotopic (exact) mass is 229 g/mol. The number of nitrogens with zero attached hydrogens (tertiary/aromatic N) is 1. The van der Waals surface area contributed by atoms with Crippen molar-refractivity contribution in [3.8, 4) is 11.4 Å². The predicted molar refractivity (Wildman–Crippen MR) is 63.5 cm³/mol. The van der Waals surface area contributed by atoms with Gasteiger partial charge in [0, 0.05) is 22.9 Å². The van der Waals surface area contributed by atoms with Gasteiger partial charge in [-0.3, -0.25) is 9.59 Å². The number of benzene rings is 1. The van der Waals surface area contributed by atoms with Crippen LogP contribution in [0.25, 0.3) is 11.4 Å². The lowest BCUT2D eigenvalue weighted by molar-refractivity contribution is 0.100. The molecular weight excluding hydrogens is 218 g/mol. The summed E-state index contributed by atoms with van der Waals surface area (Å²) in [6, 6.07) is 8.00. The molecule has 0 saturated heterocycles. The first-order chi connectivity index (χ1) is 8.06. The van der Waals surface area contributed by atoms with Gasteiger partial charge in [-0.05, 0) is 19.1 Å². The lowest BCUT2D eigenvalue weighted by Crippen LogP contribution is -2.11. The summed E-state index contributed by atoms with van der Waals surface area (Å²) in [6.45, 7) is 1.75. The first-order valence-corrected chi connectivity index (χ1v) is 5.04. The van der Waals surface area contributed by atoms with Crippen LogP contribution in [-0.2, 0) is 0 Å². The van der Waals surface area contributed by atoms with E-state index in [0.29, 0.717) is 17.1 Å². The van der Waals surface area contributed by atoms with E-state index in [0.717, 1.165) is 5.56 Å². The molecule has 0 radical (unpaired) electrons. The third-order valence-corrected chi connectivity index (χ3v) is 2.31. The number of aryl methyl sites for hydroxylation is 1. The van der Waals surface area contributed by atoms with Gasteiger partial charge in [0.2, 0.25) is 5.91 Å². The predicted octanol–water partition coefficient (Wildman–Crippen LogP) is 0.844. The Morgan fingerprint density at radius 1 is 1.29 bits per heavy atom. The molecular formula is C12H11N3O2. The molecule has 17 heavy (non-hydrogen) atoms. The molecule has 5 heteroatoms. The SMILES string of the molecule is Cc1cc(=O)[nH]c(-c2ccc(C(N)=O)cc2)n1. The van der Waals surface area contributed by atoms with Gasteiger partial charge in [0.1, 0.15) is 5.82 Å². The second-order valence-corrected chi connectivity index (χ2v) is 3.68. The lowest BCUT2D eigenvalue weighted by atomic mass is 10.1. The quantitative estimate of drug-likeness (QED) is 0.799. The maximum absolute atomic E-state index is 11.3. The van der Waals surface area contributed by atoms with Crippen molar-refractivity contribution in [3.63, 3.8) is 0 Å². The van der Waals surface area contributed by atoms with Crippen LogP contribution in [0.15, 0.2) is 35.1 Å². The highest BCUT2D eigenvalue weighted by molar-refractivity contribution is 5.93. The summed E-state index contributed by atoms with van der Waals surface area (Å²) < 4.78 is 0. The topological polar surface area (TPSA) is 88.8 Å². The molecule has 0 spiro atoms. The number of aromatic amines is 1. The largest absolute Gasteiger partial charge is 0.366 e. The molecule has 0 atom stereocenters. The second kappa shape index (κ2) is 4.21. The summed E-state index contributed by atoms with van der Waals surface area (Å²) in [7, 11) is 0. The van der Waals surface area contributed by atoms with Gasteiger partial charge < -0.3 is 10.7 Å². The third kappa shape index (κ3) is 2.39. The molecule has 0 aliphatic carbocycles. The van der Waals surface area contributed by atoms with Gasteiger partial charge in [0.25, 0.3) is 5.56 Å². The molecule has 0 unspecified atom stereocenters. The number of primary amides is 1. The van der Waals surface area contributed by atoms with Crippen molar-refractivity contribution >= 4 is 5.91 Å². The van der Waals surface area contributed by atoms with Crippen molar-refractivity contribution in [2.45, 2.75) is 6.92 Å². The average molecular weight is 229 g/mol. The van der Waals surface area contributed by atoms with Gasteiger partial charge in [-0.2, -0.15) is 0 Å². The van der Waals surface area contributed by atoms with Crippen LogP contribution in [0.3, 0.4) is 0 Å². The van der Waals surface area contributed by atoms with Crippen molar-refractivity contribution in [2.75, 3.05) is 0 Å². The number of carbonyl (C=O) groups is 1. The van der Waals surface area contributed by atoms with E-state index in [-0.39, 0.29) is 5.56 Å². The van der Waals surface area contributed by atoms with E-state index < -0.39 is 5.91 Å². The maximum Gasteiger partial charge on any atom is 0.251 e. The minimum Gasteiger partial charge on any atom is -0.366 e. The van der Waals surface area contributed by atoms with Crippen molar-refractivity contribution < 1.29 is 4.79 Å². The third-order valence-electron chi connectivity index (χ3n) is 2.31. The van der Waals surface area contributed by atoms with Crippen LogP contribution in [-0.4, -0.2) is 15.9 Å². The van der Waals surface area contributed by atoms with Crippen LogP contribution in [0.2, 0.25) is 0 Å². The van der Waals surface area contributed by atoms with E-state index in [4.69, 9.17) is 5.73 Å². The number of rotatable bonds is 2. The molecule has 0 aliphatic heterocycles. The van der Waals surface area contributed by atoms with Crippen LogP contribution in [0.4, 0.5) is 0 Å². The molecule has 0 fully saturated rings. The minimum absolute atomic E-state index is 0.202. The fraction of sp³-hybridized carbons (Fsp3) is 0.0833. The summed E-state index contributed by atoms with van der Waals surface area (Å²) in [5.41, 5.74) is 6.73. The molecule has 5 nitrogen and oxygen atoms in total. The Balaban J connectivity index is 2.46. The molecule has 3 N–H and O–H groups in total. The smallest absolute Gasteiger partial charge is 0.251 e. The summed E-state index contributed by atoms with van der Waals surface area (Å²) in [5.74, 6) is -0.00624. The fourth-order valence-corrected chi connectivity index (χ4v) is 1.51. The molecule has 1 amide bonds. The molecule has 1 aromatic carbocycles. The zero-order chi connectivity index (χ0) is 12.4. The van der Waals surface area contributed by atoms with Gasteiger partial charge in [0.15, 0.2) is 0 Å². The Morgan fingerprint density at radius 2 is 1.94 bits per heavy atom. The molecule has 0 saturated carbocycles. The van der Waals surface area contributed by atoms with Crippen LogP contribution in [0.5, 0.6) is 0 Å². The number of amides is 1. The number of carbonyl (C=O) groups excluding carboxylic acids is 1. The molecule has 0 aliphatic rings. The highest BCUT2D eigenvalue weighted by Gasteiger charge is 2.04. The molecule has 1 heterocycles. The van der Waals surface area contributed by atoms with Gasteiger partial charge in [-0.1, -0.05) is 12.1 Å². The Kier molecular flexibility index (Phi) is 2.74. The molecule has 0 bridgehead atoms. The number of H-pyrrole nitrogens is 1. The number of hydrogen-bond acceptors (Lipinski definition) is 3. The van der Waals surface area contributed by atoms with Crippen LogP contribution >= 0.6 is 0 Å². The van der Waals surface area contributed by atoms with Crippen molar-refractivity contribution in [2.24, 2.45) is 5.73 Å². The van der Waals surface area contributed by atoms with Gasteiger partial charge in [0.05, 0.1) is 0 Å². The number of aromatic nitrogens is 2. The number of nitrogens with two attached hydrogens (primary N) is 1. The Labute approximate surface area is 97.3 Å². The summed E-state index contributed by atoms with van der Waals surface area (Å²) in [5, 5.41) is 0. The van der Waals surface area contributed by atoms with Crippen molar-refractivity contribution in [1.82, 2.24) is 9.97 Å². The van der Waals surface area contributed by atoms with E-state index >= 15 is 0 Å². The normalized spacial score (nSPS) is 10.2. The molecule has 86 valence electrons. The zero-order valence-electron chi connectivity index (χ0n) is 9.23. The van der Waals surface area contributed by atoms with E-state index in [1.54, 1.807) is 31.2 Å². The van der Waals surface area contributed by atoms with E-state index in [2.05, 4.69) is 9.97 Å². The van der Waals surface area contributed by atoms with E-state index in [9.17, 15) is 9.59 Å². The average Bonchev–Trinajstić information content (AvgIpc) is 2.28. The van der Waals surface area contributed by atoms with E-state index in [1.165, 1.54) is 6.07 Å². The second-order valence-electron chi connectivity index (χ2n) is 3.68. The first-order valence-electron chi connectivity index (χ1n) is 5.04. The maximum atomic E-state index is 11.3. The highest BCUT2D eigenvalue weighted by atomic mass is 16.1. The van der Waals surface area contributed by atoms with Gasteiger partial charge >= 0.3 is 0 Å². The van der Waals surface area contributed by atoms with E-state index in [1.807, 2.05) is 0 Å². The standard InChI is InChI=1S/C12H11N3O2/c1-7-6-10(16)15-12(14-7)9-4-2-8(3-5-9)11(13)17/h2-6H,1H3,(H2,13,17)(H,14,15,16). The first kappa shape index (κ1) is 11.1. The minimum atomic E-state index is -0.484. The lowest BCUT2D eigenvalue weighted by Gasteiger charge is -2.02. The summed E-state index contributed by atoms with van der Waals surface area (Å²) in [6.07, 6.45) is 0. The van der Waals surface area contributed by atoms with Crippen LogP contribution in [0, 0.1) is 6.92 Å². The van der Waals surface area contributed by atoms with Crippen molar-refractivity contribution in [1.29, 1.82) is 0 Å².